The molecule has 0 heterocycles. The molecule has 5 heteroatoms. The summed E-state index contributed by atoms with van der Waals surface area (Å²) in [6, 6.07) is 3.64. The molecule has 0 aliphatic heterocycles. The van der Waals surface area contributed by atoms with E-state index in [4.69, 9.17) is 26.8 Å². The molecule has 1 aromatic rings. The quantitative estimate of drug-likeness (QED) is 0.808. The summed E-state index contributed by atoms with van der Waals surface area (Å²) < 4.78 is 10.6. The van der Waals surface area contributed by atoms with Crippen LogP contribution in [0, 0.1) is 5.92 Å². The van der Waals surface area contributed by atoms with Crippen molar-refractivity contribution in [3.63, 3.8) is 0 Å². The van der Waals surface area contributed by atoms with Crippen molar-refractivity contribution >= 4 is 11.6 Å². The van der Waals surface area contributed by atoms with Gasteiger partial charge in [-0.1, -0.05) is 18.5 Å². The van der Waals surface area contributed by atoms with Gasteiger partial charge in [-0.15, -0.1) is 0 Å². The SMILES string of the molecule is COc1cc(C(C)CC(CN)CO)c(OC)cc1Cl. The first kappa shape index (κ1) is 16.1. The van der Waals surface area contributed by atoms with Gasteiger partial charge in [0.15, 0.2) is 0 Å². The number of aliphatic hydroxyl groups excluding tert-OH is 1. The zero-order chi connectivity index (χ0) is 14.4. The van der Waals surface area contributed by atoms with Gasteiger partial charge < -0.3 is 20.3 Å². The summed E-state index contributed by atoms with van der Waals surface area (Å²) in [4.78, 5) is 0. The number of benzene rings is 1. The lowest BCUT2D eigenvalue weighted by molar-refractivity contribution is 0.216. The van der Waals surface area contributed by atoms with E-state index in [2.05, 4.69) is 6.92 Å². The van der Waals surface area contributed by atoms with E-state index in [-0.39, 0.29) is 18.4 Å². The van der Waals surface area contributed by atoms with Crippen LogP contribution < -0.4 is 15.2 Å². The number of hydrogen-bond acceptors (Lipinski definition) is 4. The summed E-state index contributed by atoms with van der Waals surface area (Å²) >= 11 is 6.08. The van der Waals surface area contributed by atoms with Crippen LogP contribution >= 0.6 is 11.6 Å². The van der Waals surface area contributed by atoms with Gasteiger partial charge in [0, 0.05) is 18.2 Å². The lowest BCUT2D eigenvalue weighted by Gasteiger charge is -2.21. The standard InChI is InChI=1S/C14H22ClNO3/c1-9(4-10(7-16)8-17)11-5-14(19-3)12(15)6-13(11)18-2/h5-6,9-10,17H,4,7-8,16H2,1-3H3. The van der Waals surface area contributed by atoms with Gasteiger partial charge in [0.2, 0.25) is 0 Å². The summed E-state index contributed by atoms with van der Waals surface area (Å²) in [5, 5.41) is 9.76. The fraction of sp³-hybridized carbons (Fsp3) is 0.571. The molecule has 19 heavy (non-hydrogen) atoms. The molecule has 1 aromatic carbocycles. The van der Waals surface area contributed by atoms with Crippen LogP contribution in [-0.2, 0) is 0 Å². The van der Waals surface area contributed by atoms with Gasteiger partial charge in [0.25, 0.3) is 0 Å². The van der Waals surface area contributed by atoms with Gasteiger partial charge in [-0.2, -0.15) is 0 Å². The Morgan fingerprint density at radius 3 is 2.37 bits per heavy atom. The molecule has 0 saturated heterocycles. The number of halogens is 1. The first-order chi connectivity index (χ1) is 9.07. The number of nitrogens with two attached hydrogens (primary N) is 1. The van der Waals surface area contributed by atoms with Crippen LogP contribution in [0.3, 0.4) is 0 Å². The molecule has 3 N–H and O–H groups in total. The summed E-state index contributed by atoms with van der Waals surface area (Å²) in [6.07, 6.45) is 0.786. The van der Waals surface area contributed by atoms with Crippen LogP contribution in [0.4, 0.5) is 0 Å². The number of aliphatic hydroxyl groups is 1. The van der Waals surface area contributed by atoms with Crippen molar-refractivity contribution in [2.24, 2.45) is 11.7 Å². The minimum Gasteiger partial charge on any atom is -0.496 e. The molecule has 0 amide bonds. The molecule has 0 fully saturated rings. The van der Waals surface area contributed by atoms with Gasteiger partial charge in [-0.05, 0) is 30.9 Å². The highest BCUT2D eigenvalue weighted by Crippen LogP contribution is 2.38. The van der Waals surface area contributed by atoms with Crippen LogP contribution in [0.25, 0.3) is 0 Å². The molecular weight excluding hydrogens is 266 g/mol. The molecule has 0 spiro atoms. The van der Waals surface area contributed by atoms with Crippen molar-refractivity contribution in [1.82, 2.24) is 0 Å². The lowest BCUT2D eigenvalue weighted by atomic mass is 9.90. The average Bonchev–Trinajstić information content (AvgIpc) is 2.43. The molecule has 2 atom stereocenters. The second-order valence-corrected chi connectivity index (χ2v) is 5.06. The van der Waals surface area contributed by atoms with Crippen LogP contribution in [0.1, 0.15) is 24.8 Å². The Morgan fingerprint density at radius 1 is 1.26 bits per heavy atom. The van der Waals surface area contributed by atoms with E-state index in [0.717, 1.165) is 17.7 Å². The molecule has 0 bridgehead atoms. The van der Waals surface area contributed by atoms with E-state index in [1.807, 2.05) is 6.07 Å². The Kier molecular flexibility index (Phi) is 6.42. The summed E-state index contributed by atoms with van der Waals surface area (Å²) in [5.74, 6) is 1.63. The summed E-state index contributed by atoms with van der Waals surface area (Å²) in [7, 11) is 3.19. The summed E-state index contributed by atoms with van der Waals surface area (Å²) in [6.45, 7) is 2.63. The fourth-order valence-corrected chi connectivity index (χ4v) is 2.37. The van der Waals surface area contributed by atoms with Gasteiger partial charge in [-0.25, -0.2) is 0 Å². The van der Waals surface area contributed by atoms with Crippen molar-refractivity contribution in [3.05, 3.63) is 22.7 Å². The van der Waals surface area contributed by atoms with Gasteiger partial charge in [-0.3, -0.25) is 0 Å². The Bertz CT molecular complexity index is 408. The third-order valence-electron chi connectivity index (χ3n) is 3.31. The van der Waals surface area contributed by atoms with E-state index in [9.17, 15) is 5.11 Å². The maximum absolute atomic E-state index is 9.24. The molecule has 0 aromatic heterocycles. The molecule has 108 valence electrons. The van der Waals surface area contributed by atoms with Crippen molar-refractivity contribution in [1.29, 1.82) is 0 Å². The molecule has 0 aliphatic carbocycles. The third kappa shape index (κ3) is 4.00. The molecule has 0 radical (unpaired) electrons. The van der Waals surface area contributed by atoms with Crippen LogP contribution in [0.15, 0.2) is 12.1 Å². The van der Waals surface area contributed by atoms with Crippen molar-refractivity contribution in [3.8, 4) is 11.5 Å². The Hall–Kier alpha value is -0.970. The smallest absolute Gasteiger partial charge is 0.138 e. The van der Waals surface area contributed by atoms with Crippen molar-refractivity contribution in [2.75, 3.05) is 27.4 Å². The first-order valence-electron chi connectivity index (χ1n) is 6.29. The van der Waals surface area contributed by atoms with E-state index < -0.39 is 0 Å². The largest absolute Gasteiger partial charge is 0.496 e. The highest BCUT2D eigenvalue weighted by molar-refractivity contribution is 6.32. The zero-order valence-corrected chi connectivity index (χ0v) is 12.4. The number of hydrogen-bond donors (Lipinski definition) is 2. The molecule has 4 nitrogen and oxygen atoms in total. The highest BCUT2D eigenvalue weighted by Gasteiger charge is 2.18. The van der Waals surface area contributed by atoms with Crippen LogP contribution in [0.2, 0.25) is 5.02 Å². The van der Waals surface area contributed by atoms with E-state index in [0.29, 0.717) is 17.3 Å². The molecule has 2 unspecified atom stereocenters. The van der Waals surface area contributed by atoms with E-state index in [1.54, 1.807) is 20.3 Å². The second kappa shape index (κ2) is 7.58. The molecule has 0 saturated carbocycles. The van der Waals surface area contributed by atoms with Gasteiger partial charge in [0.05, 0.1) is 19.2 Å². The minimum atomic E-state index is 0.0846. The van der Waals surface area contributed by atoms with Crippen molar-refractivity contribution < 1.29 is 14.6 Å². The summed E-state index contributed by atoms with van der Waals surface area (Å²) in [5.41, 5.74) is 6.63. The monoisotopic (exact) mass is 287 g/mol. The maximum Gasteiger partial charge on any atom is 0.138 e. The Morgan fingerprint density at radius 2 is 1.89 bits per heavy atom. The predicted molar refractivity (Wildman–Crippen MR) is 77.2 cm³/mol. The van der Waals surface area contributed by atoms with Crippen LogP contribution in [-0.4, -0.2) is 32.5 Å². The topological polar surface area (TPSA) is 64.7 Å². The van der Waals surface area contributed by atoms with Gasteiger partial charge >= 0.3 is 0 Å². The van der Waals surface area contributed by atoms with E-state index in [1.165, 1.54) is 0 Å². The minimum absolute atomic E-state index is 0.0846. The first-order valence-corrected chi connectivity index (χ1v) is 6.67. The number of ether oxygens (including phenoxy) is 2. The van der Waals surface area contributed by atoms with E-state index >= 15 is 0 Å². The maximum atomic E-state index is 9.24. The normalized spacial score (nSPS) is 14.0. The Balaban J connectivity index is 3.03. The predicted octanol–water partition coefficient (Wildman–Crippen LogP) is 2.42. The molecule has 1 rings (SSSR count). The lowest BCUT2D eigenvalue weighted by Crippen LogP contribution is -2.20. The number of methoxy groups -OCH3 is 2. The molecular formula is C14H22ClNO3. The average molecular weight is 288 g/mol. The zero-order valence-electron chi connectivity index (χ0n) is 11.6. The molecule has 0 aliphatic rings. The van der Waals surface area contributed by atoms with Crippen molar-refractivity contribution in [2.45, 2.75) is 19.3 Å². The highest BCUT2D eigenvalue weighted by atomic mass is 35.5. The third-order valence-corrected chi connectivity index (χ3v) is 3.61. The van der Waals surface area contributed by atoms with Crippen LogP contribution in [0.5, 0.6) is 11.5 Å². The van der Waals surface area contributed by atoms with Gasteiger partial charge in [0.1, 0.15) is 11.5 Å². The fourth-order valence-electron chi connectivity index (χ4n) is 2.14. The Labute approximate surface area is 119 Å². The second-order valence-electron chi connectivity index (χ2n) is 4.65. The number of rotatable bonds is 7.